The molecule has 70 valence electrons. The number of aromatic amines is 1. The maximum atomic E-state index is 11.0. The Morgan fingerprint density at radius 3 is 2.92 bits per heavy atom. The van der Waals surface area contributed by atoms with Crippen molar-refractivity contribution >= 4 is 6.29 Å². The van der Waals surface area contributed by atoms with Crippen LogP contribution in [0.3, 0.4) is 0 Å². The van der Waals surface area contributed by atoms with Crippen LogP contribution < -0.4 is 5.56 Å². The topological polar surface area (TPSA) is 72.0 Å². The minimum Gasteiger partial charge on any atom is -0.374 e. The van der Waals surface area contributed by atoms with Crippen LogP contribution in [0.5, 0.6) is 0 Å². The van der Waals surface area contributed by atoms with Crippen molar-refractivity contribution in [1.29, 1.82) is 0 Å². The molecule has 1 unspecified atom stereocenters. The van der Waals surface area contributed by atoms with E-state index >= 15 is 0 Å². The van der Waals surface area contributed by atoms with Crippen molar-refractivity contribution < 1.29 is 9.53 Å². The van der Waals surface area contributed by atoms with E-state index in [0.717, 1.165) is 6.07 Å². The molecule has 0 aliphatic carbocycles. The number of aromatic nitrogens is 2. The summed E-state index contributed by atoms with van der Waals surface area (Å²) < 4.78 is 4.94. The zero-order valence-corrected chi connectivity index (χ0v) is 7.40. The average molecular weight is 182 g/mol. The molecule has 0 spiro atoms. The molecule has 0 saturated heterocycles. The van der Waals surface area contributed by atoms with Gasteiger partial charge in [-0.1, -0.05) is 0 Å². The van der Waals surface area contributed by atoms with E-state index in [0.29, 0.717) is 12.1 Å². The third kappa shape index (κ3) is 2.22. The summed E-state index contributed by atoms with van der Waals surface area (Å²) in [6, 6.07) is 1.14. The predicted octanol–water partition coefficient (Wildman–Crippen LogP) is 0.290. The fourth-order valence-electron chi connectivity index (χ4n) is 0.860. The fourth-order valence-corrected chi connectivity index (χ4v) is 0.860. The van der Waals surface area contributed by atoms with Gasteiger partial charge in [0.25, 0.3) is 5.56 Å². The van der Waals surface area contributed by atoms with E-state index in [9.17, 15) is 9.59 Å². The number of nitrogens with one attached hydrogen (secondary N) is 1. The molecule has 0 aliphatic heterocycles. The number of rotatable bonds is 3. The van der Waals surface area contributed by atoms with E-state index < -0.39 is 0 Å². The molecule has 0 saturated carbocycles. The standard InChI is InChI=1S/C8H10N2O3/c1-5(13-2)8-9-6(4-11)3-7(12)10-8/h3-5H,1-2H3,(H,9,10,12). The summed E-state index contributed by atoms with van der Waals surface area (Å²) in [5.74, 6) is 0.358. The maximum Gasteiger partial charge on any atom is 0.251 e. The maximum absolute atomic E-state index is 11.0. The van der Waals surface area contributed by atoms with Crippen molar-refractivity contribution in [1.82, 2.24) is 9.97 Å². The fraction of sp³-hybridized carbons (Fsp3) is 0.375. The molecule has 5 nitrogen and oxygen atoms in total. The molecule has 1 rings (SSSR count). The predicted molar refractivity (Wildman–Crippen MR) is 45.7 cm³/mol. The van der Waals surface area contributed by atoms with E-state index in [2.05, 4.69) is 9.97 Å². The van der Waals surface area contributed by atoms with Gasteiger partial charge in [-0.05, 0) is 6.92 Å². The highest BCUT2D eigenvalue weighted by molar-refractivity contribution is 5.71. The Labute approximate surface area is 74.8 Å². The first kappa shape index (κ1) is 9.60. The van der Waals surface area contributed by atoms with Gasteiger partial charge in [-0.3, -0.25) is 9.59 Å². The molecule has 0 aliphatic rings. The summed E-state index contributed by atoms with van der Waals surface area (Å²) in [4.78, 5) is 27.7. The minimum atomic E-state index is -0.351. The largest absolute Gasteiger partial charge is 0.374 e. The number of carbonyl (C=O) groups is 1. The molecule has 0 bridgehead atoms. The van der Waals surface area contributed by atoms with E-state index in [-0.39, 0.29) is 17.4 Å². The zero-order valence-electron chi connectivity index (χ0n) is 7.40. The number of aldehydes is 1. The highest BCUT2D eigenvalue weighted by Crippen LogP contribution is 2.07. The summed E-state index contributed by atoms with van der Waals surface area (Å²) in [5.41, 5.74) is -0.237. The van der Waals surface area contributed by atoms with E-state index in [1.807, 2.05) is 0 Å². The molecular weight excluding hydrogens is 172 g/mol. The van der Waals surface area contributed by atoms with Crippen LogP contribution in [0.25, 0.3) is 0 Å². The van der Waals surface area contributed by atoms with Crippen LogP contribution >= 0.6 is 0 Å². The van der Waals surface area contributed by atoms with Crippen LogP contribution in [0.2, 0.25) is 0 Å². The molecule has 1 aromatic heterocycles. The quantitative estimate of drug-likeness (QED) is 0.682. The number of ether oxygens (including phenoxy) is 1. The molecule has 0 fully saturated rings. The van der Waals surface area contributed by atoms with Gasteiger partial charge in [0.2, 0.25) is 0 Å². The summed E-state index contributed by atoms with van der Waals surface area (Å²) in [6.07, 6.45) is 0.203. The minimum absolute atomic E-state index is 0.114. The average Bonchev–Trinajstić information content (AvgIpc) is 2.15. The lowest BCUT2D eigenvalue weighted by Crippen LogP contribution is -2.15. The highest BCUT2D eigenvalue weighted by Gasteiger charge is 2.07. The molecule has 13 heavy (non-hydrogen) atoms. The number of methoxy groups -OCH3 is 1. The van der Waals surface area contributed by atoms with Crippen LogP contribution in [0.1, 0.15) is 29.3 Å². The van der Waals surface area contributed by atoms with Crippen molar-refractivity contribution in [3.63, 3.8) is 0 Å². The van der Waals surface area contributed by atoms with Gasteiger partial charge in [-0.2, -0.15) is 0 Å². The van der Waals surface area contributed by atoms with Gasteiger partial charge in [-0.15, -0.1) is 0 Å². The second-order valence-corrected chi connectivity index (χ2v) is 2.55. The third-order valence-electron chi connectivity index (χ3n) is 1.64. The molecule has 1 heterocycles. The van der Waals surface area contributed by atoms with Crippen molar-refractivity contribution in [2.75, 3.05) is 7.11 Å². The molecule has 1 N–H and O–H groups in total. The zero-order chi connectivity index (χ0) is 9.84. The Morgan fingerprint density at radius 2 is 2.38 bits per heavy atom. The Bertz CT molecular complexity index is 359. The Balaban J connectivity index is 3.15. The van der Waals surface area contributed by atoms with Crippen LogP contribution in [0.15, 0.2) is 10.9 Å². The van der Waals surface area contributed by atoms with Gasteiger partial charge in [0.05, 0.1) is 0 Å². The summed E-state index contributed by atoms with van der Waals surface area (Å²) >= 11 is 0. The number of H-pyrrole nitrogens is 1. The third-order valence-corrected chi connectivity index (χ3v) is 1.64. The van der Waals surface area contributed by atoms with Gasteiger partial charge >= 0.3 is 0 Å². The molecular formula is C8H10N2O3. The van der Waals surface area contributed by atoms with Crippen LogP contribution in [0, 0.1) is 0 Å². The first-order valence-corrected chi connectivity index (χ1v) is 3.76. The lowest BCUT2D eigenvalue weighted by Gasteiger charge is -2.07. The highest BCUT2D eigenvalue weighted by atomic mass is 16.5. The second kappa shape index (κ2) is 3.95. The number of carbonyl (C=O) groups excluding carboxylic acids is 1. The Kier molecular flexibility index (Phi) is 2.92. The molecule has 0 radical (unpaired) electrons. The van der Waals surface area contributed by atoms with Crippen molar-refractivity contribution in [2.24, 2.45) is 0 Å². The molecule has 1 aromatic rings. The monoisotopic (exact) mass is 182 g/mol. The number of nitrogens with zero attached hydrogens (tertiary/aromatic N) is 1. The number of hydrogen-bond donors (Lipinski definition) is 1. The molecule has 0 aromatic carbocycles. The van der Waals surface area contributed by atoms with Gasteiger partial charge < -0.3 is 9.72 Å². The lowest BCUT2D eigenvalue weighted by molar-refractivity contribution is 0.108. The van der Waals surface area contributed by atoms with Crippen molar-refractivity contribution in [3.05, 3.63) is 27.9 Å². The van der Waals surface area contributed by atoms with Gasteiger partial charge in [-0.25, -0.2) is 4.98 Å². The van der Waals surface area contributed by atoms with Gasteiger partial charge in [0, 0.05) is 13.2 Å². The Hall–Kier alpha value is -1.49. The SMILES string of the molecule is COC(C)c1nc(C=O)cc(=O)[nH]1. The van der Waals surface area contributed by atoms with Crippen LogP contribution in [-0.4, -0.2) is 23.4 Å². The molecule has 1 atom stereocenters. The normalized spacial score (nSPS) is 12.5. The Morgan fingerprint density at radius 1 is 1.69 bits per heavy atom. The van der Waals surface area contributed by atoms with Gasteiger partial charge in [0.1, 0.15) is 17.6 Å². The first-order chi connectivity index (χ1) is 6.17. The summed E-state index contributed by atoms with van der Waals surface area (Å²) in [5, 5.41) is 0. The van der Waals surface area contributed by atoms with Crippen molar-refractivity contribution in [3.8, 4) is 0 Å². The van der Waals surface area contributed by atoms with E-state index in [1.165, 1.54) is 7.11 Å². The number of hydrogen-bond acceptors (Lipinski definition) is 4. The van der Waals surface area contributed by atoms with Crippen molar-refractivity contribution in [2.45, 2.75) is 13.0 Å². The molecule has 5 heteroatoms. The summed E-state index contributed by atoms with van der Waals surface area (Å²) in [6.45, 7) is 1.73. The second-order valence-electron chi connectivity index (χ2n) is 2.55. The smallest absolute Gasteiger partial charge is 0.251 e. The summed E-state index contributed by atoms with van der Waals surface area (Å²) in [7, 11) is 1.50. The van der Waals surface area contributed by atoms with E-state index in [4.69, 9.17) is 4.74 Å². The van der Waals surface area contributed by atoms with Gasteiger partial charge in [0.15, 0.2) is 6.29 Å². The first-order valence-electron chi connectivity index (χ1n) is 3.76. The van der Waals surface area contributed by atoms with Crippen LogP contribution in [-0.2, 0) is 4.74 Å². The molecule has 0 amide bonds. The van der Waals surface area contributed by atoms with Crippen LogP contribution in [0.4, 0.5) is 0 Å². The lowest BCUT2D eigenvalue weighted by atomic mass is 10.3. The van der Waals surface area contributed by atoms with E-state index in [1.54, 1.807) is 6.92 Å².